The number of aliphatic carboxylic acids is 1. The van der Waals surface area contributed by atoms with E-state index in [0.717, 1.165) is 0 Å². The summed E-state index contributed by atoms with van der Waals surface area (Å²) in [5.74, 6) is -0.742. The molecule has 7 heteroatoms. The van der Waals surface area contributed by atoms with Crippen molar-refractivity contribution in [3.8, 4) is 0 Å². The first kappa shape index (κ1) is 20.9. The standard InChI is InChI=1S/C19H30N2O4S/c1-5-26(24,25)21-8-6-17(7-9-21)20(13-19(22)23)12-18-15(3)10-14(2)11-16(18)4/h10-11,17H,5-9,12-13H2,1-4H3,(H,22,23). The second kappa shape index (κ2) is 8.50. The van der Waals surface area contributed by atoms with Crippen LogP contribution in [-0.2, 0) is 21.4 Å². The van der Waals surface area contributed by atoms with E-state index in [4.69, 9.17) is 0 Å². The van der Waals surface area contributed by atoms with Gasteiger partial charge in [-0.2, -0.15) is 0 Å². The number of sulfonamides is 1. The number of carboxylic acid groups (broad SMARTS) is 1. The Morgan fingerprint density at radius 2 is 1.73 bits per heavy atom. The van der Waals surface area contributed by atoms with Crippen molar-refractivity contribution in [1.82, 2.24) is 9.21 Å². The molecule has 0 bridgehead atoms. The minimum Gasteiger partial charge on any atom is -0.480 e. The SMILES string of the molecule is CCS(=O)(=O)N1CCC(N(CC(=O)O)Cc2c(C)cc(C)cc2C)CC1. The third-order valence-corrected chi connectivity index (χ3v) is 7.12. The maximum absolute atomic E-state index is 12.0. The highest BCUT2D eigenvalue weighted by molar-refractivity contribution is 7.89. The summed E-state index contributed by atoms with van der Waals surface area (Å²) in [6.45, 7) is 9.30. The van der Waals surface area contributed by atoms with Gasteiger partial charge in [0.15, 0.2) is 0 Å². The molecular weight excluding hydrogens is 352 g/mol. The van der Waals surface area contributed by atoms with E-state index in [0.29, 0.717) is 32.5 Å². The first-order chi connectivity index (χ1) is 12.1. The van der Waals surface area contributed by atoms with Crippen LogP contribution in [0.3, 0.4) is 0 Å². The number of benzene rings is 1. The molecule has 1 heterocycles. The Morgan fingerprint density at radius 3 is 2.19 bits per heavy atom. The monoisotopic (exact) mass is 382 g/mol. The van der Waals surface area contributed by atoms with Crippen LogP contribution in [0.2, 0.25) is 0 Å². The van der Waals surface area contributed by atoms with Gasteiger partial charge >= 0.3 is 5.97 Å². The highest BCUT2D eigenvalue weighted by atomic mass is 32.2. The fraction of sp³-hybridized carbons (Fsp3) is 0.632. The normalized spacial score (nSPS) is 17.0. The Morgan fingerprint density at radius 1 is 1.19 bits per heavy atom. The van der Waals surface area contributed by atoms with Crippen molar-refractivity contribution in [2.45, 2.75) is 53.1 Å². The van der Waals surface area contributed by atoms with Gasteiger partial charge < -0.3 is 5.11 Å². The molecule has 0 unspecified atom stereocenters. The molecule has 1 aromatic rings. The molecule has 6 nitrogen and oxygen atoms in total. The van der Waals surface area contributed by atoms with Crippen molar-refractivity contribution in [1.29, 1.82) is 0 Å². The van der Waals surface area contributed by atoms with E-state index in [-0.39, 0.29) is 18.3 Å². The molecule has 1 aliphatic heterocycles. The van der Waals surface area contributed by atoms with Gasteiger partial charge in [-0.15, -0.1) is 0 Å². The maximum atomic E-state index is 12.0. The van der Waals surface area contributed by atoms with Crippen LogP contribution in [-0.4, -0.2) is 60.1 Å². The summed E-state index contributed by atoms with van der Waals surface area (Å²) >= 11 is 0. The number of piperidine rings is 1. The fourth-order valence-corrected chi connectivity index (χ4v) is 4.95. The lowest BCUT2D eigenvalue weighted by molar-refractivity contribution is -0.139. The summed E-state index contributed by atoms with van der Waals surface area (Å²) in [5.41, 5.74) is 4.71. The number of carboxylic acids is 1. The van der Waals surface area contributed by atoms with Crippen molar-refractivity contribution in [2.24, 2.45) is 0 Å². The second-order valence-electron chi connectivity index (χ2n) is 7.21. The minimum atomic E-state index is -3.17. The Hall–Kier alpha value is -1.44. The lowest BCUT2D eigenvalue weighted by atomic mass is 9.97. The Kier molecular flexibility index (Phi) is 6.82. The zero-order valence-electron chi connectivity index (χ0n) is 16.2. The highest BCUT2D eigenvalue weighted by Gasteiger charge is 2.30. The van der Waals surface area contributed by atoms with Gasteiger partial charge in [-0.05, 0) is 57.2 Å². The molecule has 1 fully saturated rings. The lowest BCUT2D eigenvalue weighted by Crippen LogP contribution is -2.48. The van der Waals surface area contributed by atoms with E-state index in [1.807, 2.05) is 4.90 Å². The molecule has 146 valence electrons. The van der Waals surface area contributed by atoms with Gasteiger partial charge in [0.05, 0.1) is 12.3 Å². The Labute approximate surface area is 156 Å². The molecule has 0 saturated carbocycles. The fourth-order valence-electron chi connectivity index (χ4n) is 3.82. The Bertz CT molecular complexity index is 730. The van der Waals surface area contributed by atoms with Crippen LogP contribution in [0.1, 0.15) is 42.0 Å². The quantitative estimate of drug-likeness (QED) is 0.783. The van der Waals surface area contributed by atoms with Gasteiger partial charge in [-0.3, -0.25) is 9.69 Å². The summed E-state index contributed by atoms with van der Waals surface area (Å²) < 4.78 is 25.6. The van der Waals surface area contributed by atoms with Crippen LogP contribution in [0.4, 0.5) is 0 Å². The molecule has 1 aliphatic rings. The smallest absolute Gasteiger partial charge is 0.317 e. The van der Waals surface area contributed by atoms with E-state index in [1.165, 1.54) is 26.6 Å². The number of rotatable bonds is 7. The van der Waals surface area contributed by atoms with Gasteiger partial charge in [0.1, 0.15) is 0 Å². The topological polar surface area (TPSA) is 77.9 Å². The molecule has 0 aromatic heterocycles. The number of aryl methyl sites for hydroxylation is 3. The zero-order valence-corrected chi connectivity index (χ0v) is 17.0. The predicted octanol–water partition coefficient (Wildman–Crippen LogP) is 2.31. The number of carbonyl (C=O) groups is 1. The van der Waals surface area contributed by atoms with Crippen LogP contribution in [0.5, 0.6) is 0 Å². The first-order valence-electron chi connectivity index (χ1n) is 9.14. The van der Waals surface area contributed by atoms with E-state index in [2.05, 4.69) is 32.9 Å². The lowest BCUT2D eigenvalue weighted by Gasteiger charge is -2.37. The van der Waals surface area contributed by atoms with Gasteiger partial charge in [-0.25, -0.2) is 12.7 Å². The molecule has 0 amide bonds. The molecule has 2 rings (SSSR count). The molecule has 0 aliphatic carbocycles. The molecule has 1 aromatic carbocycles. The summed E-state index contributed by atoms with van der Waals surface area (Å²) in [6.07, 6.45) is 1.33. The van der Waals surface area contributed by atoms with Gasteiger partial charge in [0, 0.05) is 25.7 Å². The van der Waals surface area contributed by atoms with Crippen LogP contribution >= 0.6 is 0 Å². The van der Waals surface area contributed by atoms with Crippen molar-refractivity contribution in [3.05, 3.63) is 34.4 Å². The van der Waals surface area contributed by atoms with Crippen molar-refractivity contribution >= 4 is 16.0 Å². The van der Waals surface area contributed by atoms with Crippen LogP contribution < -0.4 is 0 Å². The van der Waals surface area contributed by atoms with E-state index >= 15 is 0 Å². The van der Waals surface area contributed by atoms with Crippen molar-refractivity contribution in [2.75, 3.05) is 25.4 Å². The number of hydrogen-bond donors (Lipinski definition) is 1. The van der Waals surface area contributed by atoms with Crippen LogP contribution in [0.25, 0.3) is 0 Å². The molecule has 1 N–H and O–H groups in total. The average molecular weight is 383 g/mol. The first-order valence-corrected chi connectivity index (χ1v) is 10.7. The summed E-state index contributed by atoms with van der Waals surface area (Å²) in [4.78, 5) is 13.4. The minimum absolute atomic E-state index is 0.0298. The molecule has 1 saturated heterocycles. The third-order valence-electron chi connectivity index (χ3n) is 5.24. The highest BCUT2D eigenvalue weighted by Crippen LogP contribution is 2.24. The number of nitrogens with zero attached hydrogens (tertiary/aromatic N) is 2. The summed E-state index contributed by atoms with van der Waals surface area (Å²) in [7, 11) is -3.17. The Balaban J connectivity index is 2.16. The largest absolute Gasteiger partial charge is 0.480 e. The zero-order chi connectivity index (χ0) is 19.5. The summed E-state index contributed by atoms with van der Waals surface area (Å²) in [5, 5.41) is 9.35. The number of hydrogen-bond acceptors (Lipinski definition) is 4. The molecule has 0 atom stereocenters. The van der Waals surface area contributed by atoms with Crippen LogP contribution in [0.15, 0.2) is 12.1 Å². The second-order valence-corrected chi connectivity index (χ2v) is 9.46. The molecule has 0 radical (unpaired) electrons. The van der Waals surface area contributed by atoms with Crippen molar-refractivity contribution < 1.29 is 18.3 Å². The van der Waals surface area contributed by atoms with Gasteiger partial charge in [0.25, 0.3) is 0 Å². The predicted molar refractivity (Wildman–Crippen MR) is 103 cm³/mol. The van der Waals surface area contributed by atoms with Crippen LogP contribution in [0, 0.1) is 20.8 Å². The maximum Gasteiger partial charge on any atom is 0.317 e. The van der Waals surface area contributed by atoms with Crippen molar-refractivity contribution in [3.63, 3.8) is 0 Å². The molecule has 0 spiro atoms. The average Bonchev–Trinajstić information content (AvgIpc) is 2.56. The van der Waals surface area contributed by atoms with E-state index < -0.39 is 16.0 Å². The van der Waals surface area contributed by atoms with E-state index in [9.17, 15) is 18.3 Å². The molecular formula is C19H30N2O4S. The third kappa shape index (κ3) is 5.05. The van der Waals surface area contributed by atoms with E-state index in [1.54, 1.807) is 6.92 Å². The van der Waals surface area contributed by atoms with Gasteiger partial charge in [0.2, 0.25) is 10.0 Å². The molecule has 26 heavy (non-hydrogen) atoms. The summed E-state index contributed by atoms with van der Waals surface area (Å²) in [6, 6.07) is 4.32. The van der Waals surface area contributed by atoms with Gasteiger partial charge in [-0.1, -0.05) is 17.7 Å².